The third-order valence-electron chi connectivity index (χ3n) is 2.74. The second kappa shape index (κ2) is 5.13. The van der Waals surface area contributed by atoms with E-state index in [1.807, 2.05) is 6.92 Å². The average Bonchev–Trinajstić information content (AvgIpc) is 2.80. The lowest BCUT2D eigenvalue weighted by atomic mass is 10.1. The number of tetrazole rings is 1. The molecule has 1 unspecified atom stereocenters. The Morgan fingerprint density at radius 1 is 1.53 bits per heavy atom. The first-order chi connectivity index (χ1) is 8.99. The van der Waals surface area contributed by atoms with Gasteiger partial charge in [0.25, 0.3) is 0 Å². The van der Waals surface area contributed by atoms with E-state index in [0.717, 1.165) is 5.56 Å². The Hall–Kier alpha value is -2.31. The number of hydrogen-bond donors (Lipinski definition) is 1. The molecule has 0 amide bonds. The molecular formula is C12H13FN4O2. The van der Waals surface area contributed by atoms with Gasteiger partial charge in [0.05, 0.1) is 18.0 Å². The van der Waals surface area contributed by atoms with Crippen molar-refractivity contribution in [3.05, 3.63) is 29.6 Å². The van der Waals surface area contributed by atoms with Gasteiger partial charge in [-0.1, -0.05) is 11.6 Å². The predicted octanol–water partition coefficient (Wildman–Crippen LogP) is 1.82. The summed E-state index contributed by atoms with van der Waals surface area (Å²) in [6.45, 7) is 3.50. The normalized spacial score (nSPS) is 12.4. The number of aliphatic carboxylic acids is 1. The molecule has 1 heterocycles. The first kappa shape index (κ1) is 13.1. The topological polar surface area (TPSA) is 80.9 Å². The Morgan fingerprint density at radius 2 is 2.26 bits per heavy atom. The second-order valence-electron chi connectivity index (χ2n) is 4.38. The highest BCUT2D eigenvalue weighted by Crippen LogP contribution is 2.24. The smallest absolute Gasteiger partial charge is 0.305 e. The number of carbonyl (C=O) groups is 1. The minimum Gasteiger partial charge on any atom is -0.481 e. The quantitative estimate of drug-likeness (QED) is 0.911. The van der Waals surface area contributed by atoms with Crippen LogP contribution in [0.3, 0.4) is 0 Å². The summed E-state index contributed by atoms with van der Waals surface area (Å²) >= 11 is 0. The van der Waals surface area contributed by atoms with Crippen LogP contribution in [0, 0.1) is 12.7 Å². The molecule has 100 valence electrons. The fourth-order valence-electron chi connectivity index (χ4n) is 1.82. The van der Waals surface area contributed by atoms with Crippen molar-refractivity contribution in [2.75, 3.05) is 0 Å². The van der Waals surface area contributed by atoms with Crippen molar-refractivity contribution in [1.29, 1.82) is 0 Å². The average molecular weight is 264 g/mol. The molecule has 1 atom stereocenters. The van der Waals surface area contributed by atoms with Crippen molar-refractivity contribution < 1.29 is 14.3 Å². The Labute approximate surface area is 108 Å². The highest BCUT2D eigenvalue weighted by atomic mass is 19.1. The van der Waals surface area contributed by atoms with Gasteiger partial charge >= 0.3 is 5.97 Å². The summed E-state index contributed by atoms with van der Waals surface area (Å²) in [7, 11) is 0. The molecule has 1 N–H and O–H groups in total. The fraction of sp³-hybridized carbons (Fsp3) is 0.333. The molecule has 0 bridgehead atoms. The lowest BCUT2D eigenvalue weighted by molar-refractivity contribution is -0.137. The van der Waals surface area contributed by atoms with E-state index in [-0.39, 0.29) is 17.8 Å². The van der Waals surface area contributed by atoms with E-state index < -0.39 is 17.8 Å². The van der Waals surface area contributed by atoms with Gasteiger partial charge in [-0.05, 0) is 36.4 Å². The van der Waals surface area contributed by atoms with Crippen LogP contribution in [0.1, 0.15) is 24.9 Å². The Morgan fingerprint density at radius 3 is 2.95 bits per heavy atom. The maximum Gasteiger partial charge on any atom is 0.305 e. The molecule has 0 aliphatic carbocycles. The summed E-state index contributed by atoms with van der Waals surface area (Å²) in [5.74, 6) is -1.17. The van der Waals surface area contributed by atoms with Crippen molar-refractivity contribution in [3.63, 3.8) is 0 Å². The number of halogens is 1. The van der Waals surface area contributed by atoms with Crippen LogP contribution in [0.5, 0.6) is 0 Å². The molecule has 0 fully saturated rings. The molecule has 0 aliphatic rings. The summed E-state index contributed by atoms with van der Waals surface area (Å²) < 4.78 is 15.1. The minimum atomic E-state index is -0.960. The molecule has 0 saturated heterocycles. The largest absolute Gasteiger partial charge is 0.481 e. The van der Waals surface area contributed by atoms with E-state index in [0.29, 0.717) is 0 Å². The van der Waals surface area contributed by atoms with Crippen molar-refractivity contribution in [2.24, 2.45) is 0 Å². The number of hydrogen-bond acceptors (Lipinski definition) is 4. The molecule has 1 aromatic heterocycles. The zero-order valence-electron chi connectivity index (χ0n) is 10.5. The molecule has 7 heteroatoms. The molecular weight excluding hydrogens is 251 g/mol. The molecule has 0 radical (unpaired) electrons. The second-order valence-corrected chi connectivity index (χ2v) is 4.38. The van der Waals surface area contributed by atoms with E-state index in [1.165, 1.54) is 10.7 Å². The summed E-state index contributed by atoms with van der Waals surface area (Å²) in [6.07, 6.45) is -0.133. The molecule has 2 aromatic rings. The van der Waals surface area contributed by atoms with Crippen molar-refractivity contribution in [1.82, 2.24) is 20.2 Å². The highest BCUT2D eigenvalue weighted by molar-refractivity contribution is 5.67. The van der Waals surface area contributed by atoms with Crippen LogP contribution < -0.4 is 0 Å². The van der Waals surface area contributed by atoms with Crippen LogP contribution in [-0.2, 0) is 4.79 Å². The summed E-state index contributed by atoms with van der Waals surface area (Å²) in [5, 5.41) is 19.8. The van der Waals surface area contributed by atoms with Gasteiger partial charge in [-0.15, -0.1) is 5.10 Å². The zero-order valence-corrected chi connectivity index (χ0v) is 10.5. The van der Waals surface area contributed by atoms with E-state index in [9.17, 15) is 9.18 Å². The van der Waals surface area contributed by atoms with Gasteiger partial charge in [-0.25, -0.2) is 9.07 Å². The third kappa shape index (κ3) is 2.75. The molecule has 0 spiro atoms. The molecule has 1 aromatic carbocycles. The summed E-state index contributed by atoms with van der Waals surface area (Å²) in [6, 6.07) is 4.16. The van der Waals surface area contributed by atoms with Gasteiger partial charge < -0.3 is 5.11 Å². The number of rotatable bonds is 4. The lowest BCUT2D eigenvalue weighted by Gasteiger charge is -2.11. The first-order valence-corrected chi connectivity index (χ1v) is 5.75. The van der Waals surface area contributed by atoms with E-state index in [1.54, 1.807) is 19.1 Å². The maximum absolute atomic E-state index is 13.8. The van der Waals surface area contributed by atoms with Crippen LogP contribution in [0.15, 0.2) is 18.2 Å². The van der Waals surface area contributed by atoms with Crippen LogP contribution in [0.4, 0.5) is 4.39 Å². The zero-order chi connectivity index (χ0) is 14.0. The number of carboxylic acid groups (broad SMARTS) is 1. The first-order valence-electron chi connectivity index (χ1n) is 5.75. The molecule has 0 aliphatic heterocycles. The lowest BCUT2D eigenvalue weighted by Crippen LogP contribution is -2.13. The van der Waals surface area contributed by atoms with Crippen molar-refractivity contribution in [3.8, 4) is 11.4 Å². The third-order valence-corrected chi connectivity index (χ3v) is 2.74. The Kier molecular flexibility index (Phi) is 3.55. The van der Waals surface area contributed by atoms with Gasteiger partial charge in [-0.3, -0.25) is 4.79 Å². The highest BCUT2D eigenvalue weighted by Gasteiger charge is 2.19. The molecule has 19 heavy (non-hydrogen) atoms. The van der Waals surface area contributed by atoms with Gasteiger partial charge in [0.1, 0.15) is 5.82 Å². The monoisotopic (exact) mass is 264 g/mol. The molecule has 0 saturated carbocycles. The minimum absolute atomic E-state index is 0.133. The molecule has 2 rings (SSSR count). The van der Waals surface area contributed by atoms with Gasteiger partial charge in [0.15, 0.2) is 5.82 Å². The maximum atomic E-state index is 13.8. The van der Waals surface area contributed by atoms with Crippen LogP contribution in [-0.4, -0.2) is 31.3 Å². The Bertz CT molecular complexity index is 612. The van der Waals surface area contributed by atoms with E-state index in [2.05, 4.69) is 15.5 Å². The van der Waals surface area contributed by atoms with E-state index in [4.69, 9.17) is 5.11 Å². The van der Waals surface area contributed by atoms with Gasteiger partial charge in [0.2, 0.25) is 0 Å². The van der Waals surface area contributed by atoms with Crippen LogP contribution in [0.25, 0.3) is 11.4 Å². The summed E-state index contributed by atoms with van der Waals surface area (Å²) in [4.78, 5) is 10.7. The Balaban J connectivity index is 2.44. The van der Waals surface area contributed by atoms with Gasteiger partial charge in [0, 0.05) is 0 Å². The number of carboxylic acids is 1. The molecule has 6 nitrogen and oxygen atoms in total. The van der Waals surface area contributed by atoms with Gasteiger partial charge in [-0.2, -0.15) is 0 Å². The predicted molar refractivity (Wildman–Crippen MR) is 64.9 cm³/mol. The van der Waals surface area contributed by atoms with E-state index >= 15 is 0 Å². The fourth-order valence-corrected chi connectivity index (χ4v) is 1.82. The number of nitrogens with zero attached hydrogens (tertiary/aromatic N) is 4. The van der Waals surface area contributed by atoms with Crippen molar-refractivity contribution >= 4 is 5.97 Å². The van der Waals surface area contributed by atoms with Crippen LogP contribution >= 0.6 is 0 Å². The summed E-state index contributed by atoms with van der Waals surface area (Å²) in [5.41, 5.74) is 1.14. The SMILES string of the molecule is Cc1ccc(F)c(-c2nnnn2C(C)CC(=O)O)c1. The number of aromatic nitrogens is 4. The number of aryl methyl sites for hydroxylation is 1. The number of benzene rings is 1. The van der Waals surface area contributed by atoms with Crippen molar-refractivity contribution in [2.45, 2.75) is 26.3 Å². The van der Waals surface area contributed by atoms with Crippen LogP contribution in [0.2, 0.25) is 0 Å². The standard InChI is InChI=1S/C12H13FN4O2/c1-7-3-4-10(13)9(5-7)12-14-15-16-17(12)8(2)6-11(18)19/h3-5,8H,6H2,1-2H3,(H,18,19).